The largest absolute Gasteiger partial charge is 0.484 e. The minimum atomic E-state index is -2.22. The lowest BCUT2D eigenvalue weighted by molar-refractivity contribution is -0.385. The topological polar surface area (TPSA) is 74.5 Å². The molecule has 0 spiro atoms. The molecule has 6 nitrogen and oxygen atoms in total. The summed E-state index contributed by atoms with van der Waals surface area (Å²) in [6.45, 7) is 11.5. The predicted molar refractivity (Wildman–Crippen MR) is 132 cm³/mol. The Hall–Kier alpha value is -2.84. The van der Waals surface area contributed by atoms with Crippen molar-refractivity contribution in [3.8, 4) is 17.0 Å². The van der Waals surface area contributed by atoms with E-state index in [1.807, 2.05) is 44.3 Å². The molecule has 0 bridgehead atoms. The van der Waals surface area contributed by atoms with Gasteiger partial charge >= 0.3 is 5.69 Å². The Morgan fingerprint density at radius 2 is 1.85 bits per heavy atom. The maximum absolute atomic E-state index is 13.7. The second kappa shape index (κ2) is 9.57. The average molecular weight is 471 g/mol. The van der Waals surface area contributed by atoms with Gasteiger partial charge < -0.3 is 9.16 Å². The number of aromatic nitrogens is 1. The number of nitrogens with zero attached hydrogens (tertiary/aromatic N) is 2. The number of hydrogen-bond acceptors (Lipinski definition) is 5. The Balaban J connectivity index is 1.87. The van der Waals surface area contributed by atoms with Gasteiger partial charge in [-0.05, 0) is 55.4 Å². The predicted octanol–water partition coefficient (Wildman–Crippen LogP) is 6.86. The smallest absolute Gasteiger partial charge is 0.310 e. The van der Waals surface area contributed by atoms with Crippen molar-refractivity contribution < 1.29 is 18.5 Å². The third-order valence-corrected chi connectivity index (χ3v) is 10.7. The van der Waals surface area contributed by atoms with Gasteiger partial charge in [0.1, 0.15) is 19.4 Å². The molecule has 3 aromatic rings. The molecule has 33 heavy (non-hydrogen) atoms. The minimum absolute atomic E-state index is 0.0700. The van der Waals surface area contributed by atoms with Crippen LogP contribution in [0.5, 0.6) is 5.75 Å². The van der Waals surface area contributed by atoms with Gasteiger partial charge in [0.05, 0.1) is 16.1 Å². The van der Waals surface area contributed by atoms with Crippen LogP contribution in [-0.2, 0) is 4.43 Å². The number of fused-ring (bicyclic) bond motifs is 1. The van der Waals surface area contributed by atoms with Crippen molar-refractivity contribution in [2.24, 2.45) is 0 Å². The van der Waals surface area contributed by atoms with Crippen LogP contribution in [0.15, 0.2) is 48.5 Å². The van der Waals surface area contributed by atoms with Crippen LogP contribution >= 0.6 is 0 Å². The van der Waals surface area contributed by atoms with Crippen LogP contribution < -0.4 is 4.74 Å². The summed E-state index contributed by atoms with van der Waals surface area (Å²) < 4.78 is 25.6. The molecule has 8 heteroatoms. The molecule has 2 aromatic carbocycles. The molecule has 1 aromatic heterocycles. The molecule has 0 N–H and O–H groups in total. The summed E-state index contributed by atoms with van der Waals surface area (Å²) in [5.74, 6) is 0.0700. The van der Waals surface area contributed by atoms with E-state index in [4.69, 9.17) is 9.16 Å². The van der Waals surface area contributed by atoms with Crippen molar-refractivity contribution in [3.05, 3.63) is 64.2 Å². The summed E-state index contributed by atoms with van der Waals surface area (Å²) in [5, 5.41) is 12.5. The third kappa shape index (κ3) is 5.75. The SMILES string of the molecule is Cc1ccc2nc(-c3ccc([N+](=O)[O-])c(OCC(CF)O[Si](C)(C)C(C)(C)C)c3)ccc2c1. The Labute approximate surface area is 195 Å². The van der Waals surface area contributed by atoms with Crippen molar-refractivity contribution in [2.45, 2.75) is 51.9 Å². The van der Waals surface area contributed by atoms with E-state index < -0.39 is 26.0 Å². The molecule has 0 saturated heterocycles. The van der Waals surface area contributed by atoms with Crippen LogP contribution in [0.2, 0.25) is 18.1 Å². The zero-order valence-corrected chi connectivity index (χ0v) is 21.0. The number of aryl methyl sites for hydroxylation is 1. The van der Waals surface area contributed by atoms with Crippen molar-refractivity contribution in [2.75, 3.05) is 13.3 Å². The van der Waals surface area contributed by atoms with Gasteiger partial charge in [0.2, 0.25) is 0 Å². The number of hydrogen-bond donors (Lipinski definition) is 0. The zero-order valence-electron chi connectivity index (χ0n) is 20.0. The maximum atomic E-state index is 13.7. The molecule has 176 valence electrons. The summed E-state index contributed by atoms with van der Waals surface area (Å²) in [5.41, 5.74) is 3.15. The van der Waals surface area contributed by atoms with Crippen LogP contribution in [0.4, 0.5) is 10.1 Å². The molecule has 0 aliphatic heterocycles. The zero-order chi connectivity index (χ0) is 24.4. The van der Waals surface area contributed by atoms with E-state index in [1.54, 1.807) is 12.1 Å². The van der Waals surface area contributed by atoms with E-state index >= 15 is 0 Å². The normalized spacial score (nSPS) is 13.2. The molecule has 0 aliphatic carbocycles. The van der Waals surface area contributed by atoms with Gasteiger partial charge in [-0.2, -0.15) is 0 Å². The van der Waals surface area contributed by atoms with E-state index in [1.165, 1.54) is 6.07 Å². The molecule has 0 amide bonds. The number of ether oxygens (including phenoxy) is 1. The van der Waals surface area contributed by atoms with Crippen LogP contribution in [-0.4, -0.2) is 37.6 Å². The quantitative estimate of drug-likeness (QED) is 0.204. The van der Waals surface area contributed by atoms with E-state index in [2.05, 4.69) is 31.8 Å². The highest BCUT2D eigenvalue weighted by molar-refractivity contribution is 6.74. The van der Waals surface area contributed by atoms with E-state index in [9.17, 15) is 14.5 Å². The van der Waals surface area contributed by atoms with Crippen molar-refractivity contribution in [3.63, 3.8) is 0 Å². The first-order valence-corrected chi connectivity index (χ1v) is 13.8. The molecule has 3 rings (SSSR count). The van der Waals surface area contributed by atoms with E-state index in [0.717, 1.165) is 16.5 Å². The summed E-state index contributed by atoms with van der Waals surface area (Å²) in [7, 11) is -2.22. The molecule has 0 aliphatic rings. The fraction of sp³-hybridized carbons (Fsp3) is 0.400. The number of pyridine rings is 1. The lowest BCUT2D eigenvalue weighted by atomic mass is 10.1. The van der Waals surface area contributed by atoms with Crippen molar-refractivity contribution in [1.82, 2.24) is 4.98 Å². The number of benzene rings is 2. The summed E-state index contributed by atoms with van der Waals surface area (Å²) in [4.78, 5) is 15.7. The van der Waals surface area contributed by atoms with Gasteiger partial charge in [-0.25, -0.2) is 9.37 Å². The maximum Gasteiger partial charge on any atom is 0.310 e. The highest BCUT2D eigenvalue weighted by Crippen LogP contribution is 2.38. The molecule has 1 heterocycles. The number of halogens is 1. The Morgan fingerprint density at radius 1 is 1.12 bits per heavy atom. The lowest BCUT2D eigenvalue weighted by Gasteiger charge is -2.38. The highest BCUT2D eigenvalue weighted by Gasteiger charge is 2.39. The van der Waals surface area contributed by atoms with Gasteiger partial charge in [-0.1, -0.05) is 38.5 Å². The molecule has 1 atom stereocenters. The van der Waals surface area contributed by atoms with Gasteiger partial charge in [-0.15, -0.1) is 0 Å². The van der Waals surface area contributed by atoms with Gasteiger partial charge in [0.15, 0.2) is 14.1 Å². The van der Waals surface area contributed by atoms with E-state index in [0.29, 0.717) is 11.3 Å². The fourth-order valence-corrected chi connectivity index (χ4v) is 4.55. The summed E-state index contributed by atoms with van der Waals surface area (Å²) >= 11 is 0. The number of rotatable bonds is 8. The van der Waals surface area contributed by atoms with Crippen LogP contribution in [0, 0.1) is 17.0 Å². The fourth-order valence-electron chi connectivity index (χ4n) is 3.23. The van der Waals surface area contributed by atoms with Gasteiger partial charge in [-0.3, -0.25) is 10.1 Å². The highest BCUT2D eigenvalue weighted by atomic mass is 28.4. The molecular weight excluding hydrogens is 439 g/mol. The second-order valence-electron chi connectivity index (χ2n) is 9.80. The molecule has 0 radical (unpaired) electrons. The van der Waals surface area contributed by atoms with Crippen molar-refractivity contribution in [1.29, 1.82) is 0 Å². The average Bonchev–Trinajstić information content (AvgIpc) is 2.75. The van der Waals surface area contributed by atoms with Crippen LogP contribution in [0.1, 0.15) is 26.3 Å². The first kappa shape index (κ1) is 24.8. The van der Waals surface area contributed by atoms with Gasteiger partial charge in [0.25, 0.3) is 0 Å². The minimum Gasteiger partial charge on any atom is -0.484 e. The van der Waals surface area contributed by atoms with E-state index in [-0.39, 0.29) is 23.1 Å². The molecule has 0 saturated carbocycles. The molecule has 1 unspecified atom stereocenters. The second-order valence-corrected chi connectivity index (χ2v) is 14.6. The number of nitro groups is 1. The molecule has 0 fully saturated rings. The summed E-state index contributed by atoms with van der Waals surface area (Å²) in [6.07, 6.45) is -0.795. The number of alkyl halides is 1. The first-order chi connectivity index (χ1) is 15.4. The lowest BCUT2D eigenvalue weighted by Crippen LogP contribution is -2.46. The van der Waals surface area contributed by atoms with Crippen LogP contribution in [0.25, 0.3) is 22.2 Å². The Bertz CT molecular complexity index is 1160. The number of nitro benzene ring substituents is 1. The Morgan fingerprint density at radius 3 is 2.48 bits per heavy atom. The van der Waals surface area contributed by atoms with Crippen molar-refractivity contribution >= 4 is 24.9 Å². The summed E-state index contributed by atoms with van der Waals surface area (Å²) in [6, 6.07) is 14.5. The Kier molecular flexibility index (Phi) is 7.19. The monoisotopic (exact) mass is 470 g/mol. The van der Waals surface area contributed by atoms with Crippen LogP contribution in [0.3, 0.4) is 0 Å². The standard InChI is InChI=1S/C25H31FN2O4Si/c1-17-7-10-21-18(13-17)8-11-22(27-21)19-9-12-23(28(29)30)24(14-19)31-16-20(15-26)32-33(5,6)25(2,3)4/h7-14,20H,15-16H2,1-6H3. The molecular formula is C25H31FN2O4Si. The third-order valence-electron chi connectivity index (χ3n) is 6.16. The first-order valence-electron chi connectivity index (χ1n) is 10.9. The van der Waals surface area contributed by atoms with Gasteiger partial charge in [0, 0.05) is 17.0 Å².